The molecule has 3 aromatic carbocycles. The first-order valence-electron chi connectivity index (χ1n) is 8.90. The lowest BCUT2D eigenvalue weighted by molar-refractivity contribution is 0.0995. The molecule has 0 bridgehead atoms. The highest BCUT2D eigenvalue weighted by Crippen LogP contribution is 2.33. The zero-order valence-electron chi connectivity index (χ0n) is 15.6. The Morgan fingerprint density at radius 2 is 1.66 bits per heavy atom. The largest absolute Gasteiger partial charge is 0.494 e. The van der Waals surface area contributed by atoms with Crippen molar-refractivity contribution in [1.29, 1.82) is 0 Å². The van der Waals surface area contributed by atoms with E-state index in [1.54, 1.807) is 7.11 Å². The average Bonchev–Trinajstić information content (AvgIpc) is 3.17. The van der Waals surface area contributed by atoms with Gasteiger partial charge < -0.3 is 15.5 Å². The molecule has 1 aromatic heterocycles. The maximum absolute atomic E-state index is 12.6. The van der Waals surface area contributed by atoms with Gasteiger partial charge in [-0.25, -0.2) is 4.98 Å². The minimum Gasteiger partial charge on any atom is -0.494 e. The van der Waals surface area contributed by atoms with Crippen LogP contribution >= 0.6 is 0 Å². The molecule has 0 spiro atoms. The standard InChI is InChI=1S/C22H18N4O3/c1-29-17-12-11-16(13-5-3-2-4-6-13)18-19(17)25-22(24-18)26-21(28)15-9-7-14(8-10-15)20(23)27/h2-12H,1H3,(H2,23,27)(H2,24,25,26,28). The first-order valence-corrected chi connectivity index (χ1v) is 8.90. The molecule has 0 aliphatic heterocycles. The third-order valence-corrected chi connectivity index (χ3v) is 4.58. The van der Waals surface area contributed by atoms with Gasteiger partial charge in [-0.05, 0) is 42.0 Å². The van der Waals surface area contributed by atoms with Crippen molar-refractivity contribution in [2.24, 2.45) is 5.73 Å². The zero-order chi connectivity index (χ0) is 20.4. The topological polar surface area (TPSA) is 110 Å². The van der Waals surface area contributed by atoms with Crippen LogP contribution in [0.3, 0.4) is 0 Å². The highest BCUT2D eigenvalue weighted by atomic mass is 16.5. The fraction of sp³-hybridized carbons (Fsp3) is 0.0455. The molecule has 0 saturated heterocycles. The Morgan fingerprint density at radius 1 is 0.966 bits per heavy atom. The second kappa shape index (κ2) is 7.47. The summed E-state index contributed by atoms with van der Waals surface area (Å²) in [6.45, 7) is 0. The molecule has 7 nitrogen and oxygen atoms in total. The van der Waals surface area contributed by atoms with Gasteiger partial charge in [0.05, 0.1) is 12.6 Å². The second-order valence-electron chi connectivity index (χ2n) is 6.39. The number of aromatic amines is 1. The van der Waals surface area contributed by atoms with Crippen LogP contribution in [-0.2, 0) is 0 Å². The Labute approximate surface area is 166 Å². The Hall–Kier alpha value is -4.13. The Balaban J connectivity index is 1.69. The van der Waals surface area contributed by atoms with E-state index in [2.05, 4.69) is 15.3 Å². The number of hydrogen-bond acceptors (Lipinski definition) is 4. The number of primary amides is 1. The van der Waals surface area contributed by atoms with E-state index in [-0.39, 0.29) is 5.91 Å². The Bertz CT molecular complexity index is 1200. The number of imidazole rings is 1. The van der Waals surface area contributed by atoms with Crippen molar-refractivity contribution in [3.05, 3.63) is 77.9 Å². The molecule has 4 aromatic rings. The fourth-order valence-electron chi connectivity index (χ4n) is 3.12. The molecule has 0 atom stereocenters. The Kier molecular flexibility index (Phi) is 4.70. The third kappa shape index (κ3) is 3.53. The van der Waals surface area contributed by atoms with Crippen molar-refractivity contribution < 1.29 is 14.3 Å². The van der Waals surface area contributed by atoms with Gasteiger partial charge in [0.25, 0.3) is 5.91 Å². The summed E-state index contributed by atoms with van der Waals surface area (Å²) in [5.74, 6) is -0.0111. The van der Waals surface area contributed by atoms with Gasteiger partial charge in [-0.1, -0.05) is 30.3 Å². The number of ether oxygens (including phenoxy) is 1. The van der Waals surface area contributed by atoms with Crippen molar-refractivity contribution in [2.45, 2.75) is 0 Å². The molecule has 0 aliphatic rings. The predicted octanol–water partition coefficient (Wildman–Crippen LogP) is 3.59. The van der Waals surface area contributed by atoms with Crippen LogP contribution in [-0.4, -0.2) is 28.9 Å². The lowest BCUT2D eigenvalue weighted by atomic mass is 10.0. The first-order chi connectivity index (χ1) is 14.1. The molecule has 4 rings (SSSR count). The predicted molar refractivity (Wildman–Crippen MR) is 111 cm³/mol. The van der Waals surface area contributed by atoms with Crippen LogP contribution in [0.25, 0.3) is 22.2 Å². The highest BCUT2D eigenvalue weighted by Gasteiger charge is 2.15. The van der Waals surface area contributed by atoms with Gasteiger partial charge in [-0.15, -0.1) is 0 Å². The summed E-state index contributed by atoms with van der Waals surface area (Å²) in [6.07, 6.45) is 0. The summed E-state index contributed by atoms with van der Waals surface area (Å²) < 4.78 is 5.42. The van der Waals surface area contributed by atoms with Gasteiger partial charge >= 0.3 is 0 Å². The van der Waals surface area contributed by atoms with Gasteiger partial charge in [0.15, 0.2) is 0 Å². The fourth-order valence-corrected chi connectivity index (χ4v) is 3.12. The van der Waals surface area contributed by atoms with E-state index >= 15 is 0 Å². The number of carbonyl (C=O) groups excluding carboxylic acids is 2. The van der Waals surface area contributed by atoms with Gasteiger partial charge in [0.2, 0.25) is 11.9 Å². The normalized spacial score (nSPS) is 10.7. The molecule has 0 aliphatic carbocycles. The maximum atomic E-state index is 12.6. The number of carbonyl (C=O) groups is 2. The molecule has 1 heterocycles. The van der Waals surface area contributed by atoms with Gasteiger partial charge in [0, 0.05) is 16.7 Å². The number of nitrogens with one attached hydrogen (secondary N) is 2. The molecule has 29 heavy (non-hydrogen) atoms. The van der Waals surface area contributed by atoms with Gasteiger partial charge in [0.1, 0.15) is 11.3 Å². The minimum absolute atomic E-state index is 0.297. The highest BCUT2D eigenvalue weighted by molar-refractivity contribution is 6.05. The first kappa shape index (κ1) is 18.2. The summed E-state index contributed by atoms with van der Waals surface area (Å²) in [5.41, 5.74) is 9.29. The molecular weight excluding hydrogens is 368 g/mol. The van der Waals surface area contributed by atoms with E-state index < -0.39 is 5.91 Å². The van der Waals surface area contributed by atoms with Crippen LogP contribution in [0, 0.1) is 0 Å². The van der Waals surface area contributed by atoms with Crippen molar-refractivity contribution in [2.75, 3.05) is 12.4 Å². The van der Waals surface area contributed by atoms with E-state index in [1.165, 1.54) is 24.3 Å². The van der Waals surface area contributed by atoms with Crippen LogP contribution in [0.15, 0.2) is 66.7 Å². The number of aromatic nitrogens is 2. The zero-order valence-corrected chi connectivity index (χ0v) is 15.6. The average molecular weight is 386 g/mol. The molecule has 0 radical (unpaired) electrons. The summed E-state index contributed by atoms with van der Waals surface area (Å²) >= 11 is 0. The van der Waals surface area contributed by atoms with Crippen molar-refractivity contribution in [3.63, 3.8) is 0 Å². The lowest BCUT2D eigenvalue weighted by Gasteiger charge is -2.06. The number of rotatable bonds is 5. The van der Waals surface area contributed by atoms with E-state index in [1.807, 2.05) is 42.5 Å². The summed E-state index contributed by atoms with van der Waals surface area (Å²) in [6, 6.07) is 19.7. The quantitative estimate of drug-likeness (QED) is 0.487. The number of nitrogens with two attached hydrogens (primary N) is 1. The summed E-state index contributed by atoms with van der Waals surface area (Å²) in [5, 5.41) is 2.75. The van der Waals surface area contributed by atoms with Crippen molar-refractivity contribution >= 4 is 28.8 Å². The molecule has 4 N–H and O–H groups in total. The molecule has 0 fully saturated rings. The number of H-pyrrole nitrogens is 1. The van der Waals surface area contributed by atoms with Crippen molar-refractivity contribution in [3.8, 4) is 16.9 Å². The van der Waals surface area contributed by atoms with E-state index in [9.17, 15) is 9.59 Å². The number of amides is 2. The second-order valence-corrected chi connectivity index (χ2v) is 6.39. The molecule has 2 amide bonds. The summed E-state index contributed by atoms with van der Waals surface area (Å²) in [4.78, 5) is 31.4. The van der Waals surface area contributed by atoms with Gasteiger partial charge in [-0.2, -0.15) is 0 Å². The molecule has 0 unspecified atom stereocenters. The smallest absolute Gasteiger partial charge is 0.257 e. The number of nitrogens with zero attached hydrogens (tertiary/aromatic N) is 1. The van der Waals surface area contributed by atoms with Crippen LogP contribution in [0.1, 0.15) is 20.7 Å². The number of anilines is 1. The number of benzene rings is 3. The molecule has 144 valence electrons. The number of hydrogen-bond donors (Lipinski definition) is 3. The SMILES string of the molecule is COc1ccc(-c2ccccc2)c2[nH]c(NC(=O)c3ccc(C(N)=O)cc3)nc12. The third-order valence-electron chi connectivity index (χ3n) is 4.58. The monoisotopic (exact) mass is 386 g/mol. The van der Waals surface area contributed by atoms with Crippen LogP contribution < -0.4 is 15.8 Å². The lowest BCUT2D eigenvalue weighted by Crippen LogP contribution is -2.14. The van der Waals surface area contributed by atoms with Crippen molar-refractivity contribution in [1.82, 2.24) is 9.97 Å². The molecule has 7 heteroatoms. The molecular formula is C22H18N4O3. The van der Waals surface area contributed by atoms with Gasteiger partial charge in [-0.3, -0.25) is 14.9 Å². The number of fused-ring (bicyclic) bond motifs is 1. The van der Waals surface area contributed by atoms with Crippen LogP contribution in [0.2, 0.25) is 0 Å². The van der Waals surface area contributed by atoms with Crippen LogP contribution in [0.5, 0.6) is 5.75 Å². The summed E-state index contributed by atoms with van der Waals surface area (Å²) in [7, 11) is 1.57. The van der Waals surface area contributed by atoms with E-state index in [4.69, 9.17) is 10.5 Å². The minimum atomic E-state index is -0.547. The Morgan fingerprint density at radius 3 is 2.31 bits per heavy atom. The molecule has 0 saturated carbocycles. The van der Waals surface area contributed by atoms with E-state index in [0.717, 1.165) is 16.6 Å². The number of methoxy groups -OCH3 is 1. The van der Waals surface area contributed by atoms with Crippen LogP contribution in [0.4, 0.5) is 5.95 Å². The maximum Gasteiger partial charge on any atom is 0.257 e. The van der Waals surface area contributed by atoms with E-state index in [0.29, 0.717) is 28.3 Å².